The molecule has 4 rings (SSSR count). The van der Waals surface area contributed by atoms with E-state index in [1.807, 2.05) is 6.20 Å². The first kappa shape index (κ1) is 15.2. The monoisotopic (exact) mass is 420 g/mol. The number of fused-ring (bicyclic) bond motifs is 1. The van der Waals surface area contributed by atoms with Crippen molar-refractivity contribution in [1.82, 2.24) is 4.98 Å². The molecule has 2 aromatic rings. The second kappa shape index (κ2) is 6.30. The number of hydrogen-bond acceptors (Lipinski definition) is 3. The molecule has 1 saturated carbocycles. The van der Waals surface area contributed by atoms with Gasteiger partial charge in [0, 0.05) is 29.4 Å². The molecule has 120 valence electrons. The Hall–Kier alpha value is -1.30. The Morgan fingerprint density at radius 3 is 2.78 bits per heavy atom. The quantitative estimate of drug-likeness (QED) is 0.513. The van der Waals surface area contributed by atoms with E-state index in [1.165, 1.54) is 24.0 Å². The van der Waals surface area contributed by atoms with Crippen LogP contribution in [0.15, 0.2) is 36.5 Å². The molecule has 0 amide bonds. The molecule has 1 aliphatic carbocycles. The summed E-state index contributed by atoms with van der Waals surface area (Å²) in [6.07, 6.45) is 5.79. The molecular weight excluding hydrogens is 399 g/mol. The molecule has 2 heterocycles. The highest BCUT2D eigenvalue weighted by atomic mass is 127. The second-order valence-electron chi connectivity index (χ2n) is 6.49. The first-order chi connectivity index (χ1) is 11.3. The highest BCUT2D eigenvalue weighted by Crippen LogP contribution is 2.41. The highest BCUT2D eigenvalue weighted by Gasteiger charge is 2.24. The third-order valence-electron chi connectivity index (χ3n) is 4.90. The lowest BCUT2D eigenvalue weighted by molar-refractivity contribution is 0.274. The maximum Gasteiger partial charge on any atom is 0.132 e. The number of rotatable bonds is 4. The third-order valence-corrected chi connectivity index (χ3v) is 5.96. The molecule has 0 bridgehead atoms. The largest absolute Gasteiger partial charge is 0.493 e. The molecule has 2 aliphatic rings. The lowest BCUT2D eigenvalue weighted by atomic mass is 9.95. The van der Waals surface area contributed by atoms with Gasteiger partial charge in [-0.1, -0.05) is 34.7 Å². The van der Waals surface area contributed by atoms with E-state index in [1.54, 1.807) is 0 Å². The van der Waals surface area contributed by atoms with E-state index in [-0.39, 0.29) is 0 Å². The minimum atomic E-state index is 0.620. The fraction of sp³-hybridized carbons (Fsp3) is 0.421. The van der Waals surface area contributed by atoms with Crippen LogP contribution in [0.5, 0.6) is 5.75 Å². The Balaban J connectivity index is 1.59. The van der Waals surface area contributed by atoms with Crippen LogP contribution in [0.3, 0.4) is 0 Å². The van der Waals surface area contributed by atoms with Gasteiger partial charge < -0.3 is 9.64 Å². The number of halogens is 1. The van der Waals surface area contributed by atoms with Gasteiger partial charge in [0.05, 0.1) is 6.61 Å². The second-order valence-corrected chi connectivity index (χ2v) is 7.37. The summed E-state index contributed by atoms with van der Waals surface area (Å²) in [6, 6.07) is 10.9. The summed E-state index contributed by atoms with van der Waals surface area (Å²) in [7, 11) is 2.07. The number of nitrogens with zero attached hydrogens (tertiary/aromatic N) is 2. The number of benzene rings is 1. The van der Waals surface area contributed by atoms with Gasteiger partial charge in [0.1, 0.15) is 11.6 Å². The molecule has 1 aliphatic heterocycles. The Bertz CT molecular complexity index is 697. The predicted molar refractivity (Wildman–Crippen MR) is 102 cm³/mol. The molecule has 0 saturated heterocycles. The Kier molecular flexibility index (Phi) is 4.18. The van der Waals surface area contributed by atoms with E-state index in [9.17, 15) is 0 Å². The molecule has 3 nitrogen and oxygen atoms in total. The topological polar surface area (TPSA) is 25.4 Å². The summed E-state index contributed by atoms with van der Waals surface area (Å²) in [5, 5.41) is 0. The van der Waals surface area contributed by atoms with Gasteiger partial charge in [-0.05, 0) is 54.4 Å². The zero-order valence-corrected chi connectivity index (χ0v) is 15.5. The summed E-state index contributed by atoms with van der Waals surface area (Å²) in [5.74, 6) is 3.39. The first-order valence-electron chi connectivity index (χ1n) is 8.28. The molecule has 1 aromatic carbocycles. The predicted octanol–water partition coefficient (Wildman–Crippen LogP) is 5.03. The van der Waals surface area contributed by atoms with E-state index < -0.39 is 0 Å². The van der Waals surface area contributed by atoms with Gasteiger partial charge in [-0.2, -0.15) is 0 Å². The van der Waals surface area contributed by atoms with Crippen LogP contribution in [-0.2, 0) is 0 Å². The lowest BCUT2D eigenvalue weighted by Crippen LogP contribution is -2.17. The van der Waals surface area contributed by atoms with Crippen LogP contribution >= 0.6 is 22.6 Å². The average molecular weight is 420 g/mol. The van der Waals surface area contributed by atoms with Gasteiger partial charge >= 0.3 is 0 Å². The summed E-state index contributed by atoms with van der Waals surface area (Å²) in [5.41, 5.74) is 3.85. The standard InChI is InChI=1S/C19H21IN2O/c1-22(19-7-4-15(12-21-19)13-2-3-13)16-5-6-17-14(11-20)8-9-23-18(17)10-16/h4-7,10,12-14H,2-3,8-9,11H2,1H3/t14-/m0/s1. The van der Waals surface area contributed by atoms with E-state index in [2.05, 4.69) is 69.9 Å². The SMILES string of the molecule is CN(c1ccc2c(c1)OCC[C@H]2CI)c1ccc(C2CC2)cn1. The maximum atomic E-state index is 5.89. The molecule has 1 aromatic heterocycles. The molecule has 1 atom stereocenters. The summed E-state index contributed by atoms with van der Waals surface area (Å²) >= 11 is 2.47. The van der Waals surface area contributed by atoms with Gasteiger partial charge in [-0.3, -0.25) is 0 Å². The van der Waals surface area contributed by atoms with Crippen molar-refractivity contribution in [1.29, 1.82) is 0 Å². The van der Waals surface area contributed by atoms with Crippen molar-refractivity contribution in [2.24, 2.45) is 0 Å². The van der Waals surface area contributed by atoms with Crippen LogP contribution in [0.2, 0.25) is 0 Å². The molecular formula is C19H21IN2O. The summed E-state index contributed by atoms with van der Waals surface area (Å²) in [4.78, 5) is 6.78. The van der Waals surface area contributed by atoms with Crippen LogP contribution in [0, 0.1) is 0 Å². The average Bonchev–Trinajstić information content (AvgIpc) is 3.45. The van der Waals surface area contributed by atoms with Crippen LogP contribution in [-0.4, -0.2) is 23.1 Å². The number of aromatic nitrogens is 1. The summed E-state index contributed by atoms with van der Waals surface area (Å²) in [6.45, 7) is 0.822. The number of pyridine rings is 1. The van der Waals surface area contributed by atoms with Gasteiger partial charge in [-0.25, -0.2) is 4.98 Å². The molecule has 4 heteroatoms. The smallest absolute Gasteiger partial charge is 0.132 e. The van der Waals surface area contributed by atoms with E-state index >= 15 is 0 Å². The Morgan fingerprint density at radius 2 is 2.09 bits per heavy atom. The molecule has 0 radical (unpaired) electrons. The van der Waals surface area contributed by atoms with E-state index in [0.29, 0.717) is 5.92 Å². The molecule has 23 heavy (non-hydrogen) atoms. The molecule has 0 unspecified atom stereocenters. The fourth-order valence-electron chi connectivity index (χ4n) is 3.21. The van der Waals surface area contributed by atoms with Crippen molar-refractivity contribution in [2.75, 3.05) is 23.0 Å². The lowest BCUT2D eigenvalue weighted by Gasteiger charge is -2.27. The van der Waals surface area contributed by atoms with Gasteiger partial charge in [0.15, 0.2) is 0 Å². The number of ether oxygens (including phenoxy) is 1. The Labute approximate surface area is 151 Å². The fourth-order valence-corrected chi connectivity index (χ4v) is 4.12. The minimum Gasteiger partial charge on any atom is -0.493 e. The van der Waals surface area contributed by atoms with Crippen LogP contribution < -0.4 is 9.64 Å². The van der Waals surface area contributed by atoms with E-state index in [4.69, 9.17) is 4.74 Å². The zero-order valence-electron chi connectivity index (χ0n) is 13.3. The number of hydrogen-bond donors (Lipinski definition) is 0. The zero-order chi connectivity index (χ0) is 15.8. The van der Waals surface area contributed by atoms with Gasteiger partial charge in [0.2, 0.25) is 0 Å². The molecule has 1 fully saturated rings. The van der Waals surface area contributed by atoms with Crippen molar-refractivity contribution in [3.05, 3.63) is 47.7 Å². The van der Waals surface area contributed by atoms with Crippen molar-refractivity contribution in [3.63, 3.8) is 0 Å². The van der Waals surface area contributed by atoms with Gasteiger partial charge in [-0.15, -0.1) is 0 Å². The van der Waals surface area contributed by atoms with Crippen LogP contribution in [0.1, 0.15) is 42.2 Å². The minimum absolute atomic E-state index is 0.620. The van der Waals surface area contributed by atoms with Crippen LogP contribution in [0.4, 0.5) is 11.5 Å². The normalized spacial score (nSPS) is 19.8. The number of alkyl halides is 1. The highest BCUT2D eigenvalue weighted by molar-refractivity contribution is 14.1. The third kappa shape index (κ3) is 3.05. The van der Waals surface area contributed by atoms with Crippen LogP contribution in [0.25, 0.3) is 0 Å². The van der Waals surface area contributed by atoms with Crippen molar-refractivity contribution >= 4 is 34.1 Å². The maximum absolute atomic E-state index is 5.89. The van der Waals surface area contributed by atoms with Crippen molar-refractivity contribution in [3.8, 4) is 5.75 Å². The Morgan fingerprint density at radius 1 is 1.22 bits per heavy atom. The van der Waals surface area contributed by atoms with Crippen molar-refractivity contribution in [2.45, 2.75) is 31.1 Å². The molecule has 0 spiro atoms. The first-order valence-corrected chi connectivity index (χ1v) is 9.81. The van der Waals surface area contributed by atoms with Crippen molar-refractivity contribution < 1.29 is 4.74 Å². The van der Waals surface area contributed by atoms with E-state index in [0.717, 1.165) is 40.6 Å². The summed E-state index contributed by atoms with van der Waals surface area (Å²) < 4.78 is 7.04. The van der Waals surface area contributed by atoms with Gasteiger partial charge in [0.25, 0.3) is 0 Å². The number of anilines is 2. The molecule has 0 N–H and O–H groups in total.